The molecule has 0 unspecified atom stereocenters. The van der Waals surface area contributed by atoms with Gasteiger partial charge in [-0.3, -0.25) is 9.80 Å². The second kappa shape index (κ2) is 6.68. The predicted molar refractivity (Wildman–Crippen MR) is 93.9 cm³/mol. The molecule has 1 atom stereocenters. The summed E-state index contributed by atoms with van der Waals surface area (Å²) < 4.78 is 32.0. The van der Waals surface area contributed by atoms with Crippen LogP contribution in [0.1, 0.15) is 23.1 Å². The van der Waals surface area contributed by atoms with Crippen LogP contribution in [0.25, 0.3) is 0 Å². The van der Waals surface area contributed by atoms with Gasteiger partial charge in [0.05, 0.1) is 11.7 Å². The van der Waals surface area contributed by atoms with Gasteiger partial charge < -0.3 is 4.74 Å². The molecule has 0 N–H and O–H groups in total. The standard InChI is InChI=1S/C20H20F2N2O2/c1-13-2-4-15-11-23(10-14-3-5-17(21)18(22)9-14)7-6-16-12-26-20(25)24(16)19(15)8-13/h2-5,8-9,16H,6-7,10-12H2,1H3/t16-/m0/s1. The number of hydrogen-bond donors (Lipinski definition) is 0. The second-order valence-corrected chi connectivity index (χ2v) is 6.98. The summed E-state index contributed by atoms with van der Waals surface area (Å²) in [7, 11) is 0. The first-order valence-corrected chi connectivity index (χ1v) is 8.73. The first-order chi connectivity index (χ1) is 12.5. The first-order valence-electron chi connectivity index (χ1n) is 8.73. The fourth-order valence-corrected chi connectivity index (χ4v) is 3.68. The number of cyclic esters (lactones) is 1. The Morgan fingerprint density at radius 1 is 1.15 bits per heavy atom. The number of fused-ring (bicyclic) bond motifs is 3. The minimum Gasteiger partial charge on any atom is -0.447 e. The van der Waals surface area contributed by atoms with Crippen LogP contribution >= 0.6 is 0 Å². The third kappa shape index (κ3) is 3.17. The Bertz CT molecular complexity index is 856. The Hall–Kier alpha value is -2.47. The second-order valence-electron chi connectivity index (χ2n) is 6.98. The maximum absolute atomic E-state index is 13.5. The van der Waals surface area contributed by atoms with E-state index in [9.17, 15) is 13.6 Å². The molecule has 0 saturated carbocycles. The number of anilines is 1. The molecule has 4 rings (SSSR count). The summed E-state index contributed by atoms with van der Waals surface area (Å²) in [6.07, 6.45) is 0.471. The molecule has 2 aliphatic heterocycles. The maximum atomic E-state index is 13.5. The van der Waals surface area contributed by atoms with Crippen molar-refractivity contribution in [1.82, 2.24) is 4.90 Å². The van der Waals surface area contributed by atoms with E-state index in [0.29, 0.717) is 19.7 Å². The zero-order chi connectivity index (χ0) is 18.3. The number of carbonyl (C=O) groups is 1. The lowest BCUT2D eigenvalue weighted by atomic mass is 10.0. The van der Waals surface area contributed by atoms with Gasteiger partial charge in [-0.1, -0.05) is 18.2 Å². The van der Waals surface area contributed by atoms with Crippen LogP contribution < -0.4 is 4.90 Å². The lowest BCUT2D eigenvalue weighted by Crippen LogP contribution is -2.40. The number of rotatable bonds is 2. The van der Waals surface area contributed by atoms with Crippen molar-refractivity contribution in [3.05, 3.63) is 64.7 Å². The summed E-state index contributed by atoms with van der Waals surface area (Å²) in [5, 5.41) is 0. The molecule has 136 valence electrons. The zero-order valence-corrected chi connectivity index (χ0v) is 14.5. The van der Waals surface area contributed by atoms with Gasteiger partial charge in [-0.15, -0.1) is 0 Å². The summed E-state index contributed by atoms with van der Waals surface area (Å²) in [6.45, 7) is 4.26. The Balaban J connectivity index is 1.64. The van der Waals surface area contributed by atoms with Crippen molar-refractivity contribution < 1.29 is 18.3 Å². The third-order valence-corrected chi connectivity index (χ3v) is 5.02. The molecule has 1 amide bonds. The number of aryl methyl sites for hydroxylation is 1. The van der Waals surface area contributed by atoms with Crippen molar-refractivity contribution in [2.45, 2.75) is 32.5 Å². The average Bonchev–Trinajstić information content (AvgIpc) is 2.96. The van der Waals surface area contributed by atoms with Crippen molar-refractivity contribution in [1.29, 1.82) is 0 Å². The zero-order valence-electron chi connectivity index (χ0n) is 14.5. The van der Waals surface area contributed by atoms with Crippen LogP contribution in [-0.4, -0.2) is 30.2 Å². The molecule has 2 aliphatic rings. The molecule has 0 spiro atoms. The highest BCUT2D eigenvalue weighted by Gasteiger charge is 2.37. The molecule has 26 heavy (non-hydrogen) atoms. The number of halogens is 2. The van der Waals surface area contributed by atoms with Gasteiger partial charge in [0.2, 0.25) is 0 Å². The largest absolute Gasteiger partial charge is 0.447 e. The summed E-state index contributed by atoms with van der Waals surface area (Å²) in [6, 6.07) is 10.1. The minimum absolute atomic E-state index is 0.00389. The van der Waals surface area contributed by atoms with Crippen LogP contribution in [0.4, 0.5) is 19.3 Å². The quantitative estimate of drug-likeness (QED) is 0.813. The smallest absolute Gasteiger partial charge is 0.414 e. The summed E-state index contributed by atoms with van der Waals surface area (Å²) >= 11 is 0. The van der Waals surface area contributed by atoms with Crippen LogP contribution in [-0.2, 0) is 17.8 Å². The van der Waals surface area contributed by atoms with E-state index in [4.69, 9.17) is 4.74 Å². The van der Waals surface area contributed by atoms with Crippen LogP contribution in [0.5, 0.6) is 0 Å². The van der Waals surface area contributed by atoms with E-state index in [-0.39, 0.29) is 12.1 Å². The van der Waals surface area contributed by atoms with Crippen LogP contribution in [0.3, 0.4) is 0 Å². The van der Waals surface area contributed by atoms with Crippen LogP contribution in [0.2, 0.25) is 0 Å². The molecule has 0 aliphatic carbocycles. The summed E-state index contributed by atoms with van der Waals surface area (Å²) in [4.78, 5) is 16.2. The van der Waals surface area contributed by atoms with E-state index in [1.54, 1.807) is 11.0 Å². The molecule has 4 nitrogen and oxygen atoms in total. The normalized spacial score (nSPS) is 20.2. The molecule has 0 radical (unpaired) electrons. The molecule has 6 heteroatoms. The summed E-state index contributed by atoms with van der Waals surface area (Å²) in [5.74, 6) is -1.66. The third-order valence-electron chi connectivity index (χ3n) is 5.02. The van der Waals surface area contributed by atoms with Gasteiger partial charge in [0.25, 0.3) is 0 Å². The van der Waals surface area contributed by atoms with Crippen LogP contribution in [0, 0.1) is 18.6 Å². The number of carbonyl (C=O) groups excluding carboxylic acids is 1. The Kier molecular flexibility index (Phi) is 4.36. The van der Waals surface area contributed by atoms with Gasteiger partial charge in [0.15, 0.2) is 11.6 Å². The van der Waals surface area contributed by atoms with Crippen molar-refractivity contribution >= 4 is 11.8 Å². The molecule has 2 aromatic carbocycles. The monoisotopic (exact) mass is 358 g/mol. The lowest BCUT2D eigenvalue weighted by Gasteiger charge is -2.32. The van der Waals surface area contributed by atoms with E-state index in [0.717, 1.165) is 41.4 Å². The highest BCUT2D eigenvalue weighted by molar-refractivity contribution is 5.91. The fourth-order valence-electron chi connectivity index (χ4n) is 3.68. The molecule has 0 bridgehead atoms. The van der Waals surface area contributed by atoms with Gasteiger partial charge >= 0.3 is 6.09 Å². The highest BCUT2D eigenvalue weighted by atomic mass is 19.2. The average molecular weight is 358 g/mol. The molecular weight excluding hydrogens is 338 g/mol. The molecule has 1 saturated heterocycles. The van der Waals surface area contributed by atoms with E-state index in [2.05, 4.69) is 4.90 Å². The number of hydrogen-bond acceptors (Lipinski definition) is 3. The van der Waals surface area contributed by atoms with Crippen LogP contribution in [0.15, 0.2) is 36.4 Å². The van der Waals surface area contributed by atoms with Gasteiger partial charge in [-0.2, -0.15) is 0 Å². The van der Waals surface area contributed by atoms with Crippen molar-refractivity contribution in [3.63, 3.8) is 0 Å². The number of benzene rings is 2. The number of ether oxygens (including phenoxy) is 1. The SMILES string of the molecule is Cc1ccc2c(c1)N1C(=O)OC[C@@H]1CCN(Cc1ccc(F)c(F)c1)C2. The van der Waals surface area contributed by atoms with Gasteiger partial charge in [-0.05, 0) is 48.2 Å². The maximum Gasteiger partial charge on any atom is 0.414 e. The van der Waals surface area contributed by atoms with Gasteiger partial charge in [0.1, 0.15) is 6.61 Å². The van der Waals surface area contributed by atoms with Gasteiger partial charge in [0, 0.05) is 19.6 Å². The Morgan fingerprint density at radius 3 is 2.81 bits per heavy atom. The molecular formula is C20H20F2N2O2. The van der Waals surface area contributed by atoms with Crippen molar-refractivity contribution in [2.24, 2.45) is 0 Å². The summed E-state index contributed by atoms with van der Waals surface area (Å²) in [5.41, 5.74) is 3.72. The number of amides is 1. The fraction of sp³-hybridized carbons (Fsp3) is 0.350. The Morgan fingerprint density at radius 2 is 2.00 bits per heavy atom. The molecule has 2 aromatic rings. The molecule has 2 heterocycles. The van der Waals surface area contributed by atoms with E-state index in [1.807, 2.05) is 25.1 Å². The topological polar surface area (TPSA) is 32.8 Å². The molecule has 0 aromatic heterocycles. The van der Waals surface area contributed by atoms with Crippen molar-refractivity contribution in [2.75, 3.05) is 18.1 Å². The van der Waals surface area contributed by atoms with E-state index in [1.165, 1.54) is 6.07 Å². The first kappa shape index (κ1) is 17.0. The predicted octanol–water partition coefficient (Wildman–Crippen LogP) is 4.00. The lowest BCUT2D eigenvalue weighted by molar-refractivity contribution is 0.177. The number of nitrogens with zero attached hydrogens (tertiary/aromatic N) is 2. The van der Waals surface area contributed by atoms with E-state index < -0.39 is 11.6 Å². The van der Waals surface area contributed by atoms with Gasteiger partial charge in [-0.25, -0.2) is 13.6 Å². The Labute approximate surface area is 151 Å². The van der Waals surface area contributed by atoms with Crippen molar-refractivity contribution in [3.8, 4) is 0 Å². The van der Waals surface area contributed by atoms with E-state index >= 15 is 0 Å². The molecule has 1 fully saturated rings. The highest BCUT2D eigenvalue weighted by Crippen LogP contribution is 2.32. The minimum atomic E-state index is -0.834.